The summed E-state index contributed by atoms with van der Waals surface area (Å²) >= 11 is 0. The summed E-state index contributed by atoms with van der Waals surface area (Å²) in [6.45, 7) is 3.69. The van der Waals surface area contributed by atoms with Crippen LogP contribution in [0, 0.1) is 6.92 Å². The van der Waals surface area contributed by atoms with Gasteiger partial charge in [0.1, 0.15) is 5.76 Å². The van der Waals surface area contributed by atoms with Gasteiger partial charge in [-0.2, -0.15) is 0 Å². The quantitative estimate of drug-likeness (QED) is 0.881. The van der Waals surface area contributed by atoms with Crippen LogP contribution < -0.4 is 5.32 Å². The largest absolute Gasteiger partial charge is 0.361 e. The first-order chi connectivity index (χ1) is 8.16. The van der Waals surface area contributed by atoms with Crippen LogP contribution in [0.2, 0.25) is 0 Å². The molecular formula is C13H14N2O2. The molecule has 1 amide bonds. The second kappa shape index (κ2) is 4.82. The van der Waals surface area contributed by atoms with Crippen LogP contribution in [-0.4, -0.2) is 11.1 Å². The first-order valence-corrected chi connectivity index (χ1v) is 5.46. The van der Waals surface area contributed by atoms with Gasteiger partial charge in [0, 0.05) is 6.07 Å². The number of hydrogen-bond donors (Lipinski definition) is 1. The highest BCUT2D eigenvalue weighted by atomic mass is 16.5. The summed E-state index contributed by atoms with van der Waals surface area (Å²) in [6, 6.07) is 11.3. The fourth-order valence-electron chi connectivity index (χ4n) is 1.57. The van der Waals surface area contributed by atoms with Crippen LogP contribution in [-0.2, 0) is 0 Å². The Bertz CT molecular complexity index is 505. The zero-order chi connectivity index (χ0) is 12.3. The molecule has 0 bridgehead atoms. The van der Waals surface area contributed by atoms with Gasteiger partial charge in [-0.15, -0.1) is 0 Å². The number of amides is 1. The van der Waals surface area contributed by atoms with Crippen molar-refractivity contribution >= 4 is 5.91 Å². The smallest absolute Gasteiger partial charge is 0.273 e. The molecule has 1 aromatic heterocycles. The highest BCUT2D eigenvalue weighted by Gasteiger charge is 2.14. The van der Waals surface area contributed by atoms with Gasteiger partial charge in [-0.1, -0.05) is 35.5 Å². The van der Waals surface area contributed by atoms with Gasteiger partial charge in [-0.05, 0) is 19.4 Å². The molecule has 1 heterocycles. The zero-order valence-corrected chi connectivity index (χ0v) is 9.81. The van der Waals surface area contributed by atoms with Gasteiger partial charge >= 0.3 is 0 Å². The van der Waals surface area contributed by atoms with E-state index < -0.39 is 0 Å². The van der Waals surface area contributed by atoms with Crippen molar-refractivity contribution in [2.24, 2.45) is 0 Å². The number of benzene rings is 1. The van der Waals surface area contributed by atoms with E-state index in [2.05, 4.69) is 10.5 Å². The lowest BCUT2D eigenvalue weighted by Crippen LogP contribution is -2.26. The normalized spacial score (nSPS) is 12.1. The molecule has 1 aromatic carbocycles. The maximum atomic E-state index is 11.8. The van der Waals surface area contributed by atoms with Gasteiger partial charge in [0.05, 0.1) is 6.04 Å². The van der Waals surface area contributed by atoms with Gasteiger partial charge < -0.3 is 9.84 Å². The van der Waals surface area contributed by atoms with Gasteiger partial charge in [-0.3, -0.25) is 4.79 Å². The number of aromatic nitrogens is 1. The second-order valence-corrected chi connectivity index (χ2v) is 3.93. The van der Waals surface area contributed by atoms with E-state index in [1.165, 1.54) is 0 Å². The van der Waals surface area contributed by atoms with E-state index in [-0.39, 0.29) is 11.9 Å². The Morgan fingerprint density at radius 2 is 2.06 bits per heavy atom. The first kappa shape index (κ1) is 11.4. The van der Waals surface area contributed by atoms with E-state index in [0.717, 1.165) is 5.56 Å². The second-order valence-electron chi connectivity index (χ2n) is 3.93. The molecule has 2 aromatic rings. The van der Waals surface area contributed by atoms with E-state index >= 15 is 0 Å². The molecule has 0 aliphatic carbocycles. The van der Waals surface area contributed by atoms with Crippen molar-refractivity contribution in [1.82, 2.24) is 10.5 Å². The lowest BCUT2D eigenvalue weighted by atomic mass is 10.1. The minimum absolute atomic E-state index is 0.0549. The summed E-state index contributed by atoms with van der Waals surface area (Å²) in [5.74, 6) is 0.403. The molecule has 1 N–H and O–H groups in total. The van der Waals surface area contributed by atoms with E-state index in [1.807, 2.05) is 37.3 Å². The molecule has 0 saturated heterocycles. The maximum Gasteiger partial charge on any atom is 0.273 e. The molecule has 88 valence electrons. The molecule has 1 unspecified atom stereocenters. The van der Waals surface area contributed by atoms with Crippen molar-refractivity contribution in [3.63, 3.8) is 0 Å². The van der Waals surface area contributed by atoms with Crippen LogP contribution in [0.5, 0.6) is 0 Å². The Morgan fingerprint density at radius 3 is 2.65 bits per heavy atom. The number of carbonyl (C=O) groups is 1. The molecule has 0 radical (unpaired) electrons. The molecule has 1 atom stereocenters. The van der Waals surface area contributed by atoms with Gasteiger partial charge in [0.25, 0.3) is 5.91 Å². The Kier molecular flexibility index (Phi) is 3.23. The Balaban J connectivity index is 2.04. The standard InChI is InChI=1S/C13H14N2O2/c1-9-8-12(15-17-9)13(16)14-10(2)11-6-4-3-5-7-11/h3-8,10H,1-2H3,(H,14,16). The Labute approximate surface area is 99.6 Å². The van der Waals surface area contributed by atoms with Crippen LogP contribution >= 0.6 is 0 Å². The van der Waals surface area contributed by atoms with Crippen molar-refractivity contribution in [3.8, 4) is 0 Å². The molecule has 0 fully saturated rings. The highest BCUT2D eigenvalue weighted by molar-refractivity contribution is 5.92. The summed E-state index contributed by atoms with van der Waals surface area (Å²) in [6.07, 6.45) is 0. The number of hydrogen-bond acceptors (Lipinski definition) is 3. The van der Waals surface area contributed by atoms with Crippen LogP contribution in [0.15, 0.2) is 40.9 Å². The minimum atomic E-state index is -0.224. The number of carbonyl (C=O) groups excluding carboxylic acids is 1. The van der Waals surface area contributed by atoms with E-state index in [9.17, 15) is 4.79 Å². The van der Waals surface area contributed by atoms with Crippen LogP contribution in [0.25, 0.3) is 0 Å². The van der Waals surface area contributed by atoms with Crippen molar-refractivity contribution < 1.29 is 9.32 Å². The van der Waals surface area contributed by atoms with Gasteiger partial charge in [-0.25, -0.2) is 0 Å². The fraction of sp³-hybridized carbons (Fsp3) is 0.231. The molecular weight excluding hydrogens is 216 g/mol. The van der Waals surface area contributed by atoms with Crippen molar-refractivity contribution in [1.29, 1.82) is 0 Å². The molecule has 17 heavy (non-hydrogen) atoms. The third-order valence-electron chi connectivity index (χ3n) is 2.51. The predicted molar refractivity (Wildman–Crippen MR) is 63.6 cm³/mol. The Morgan fingerprint density at radius 1 is 1.35 bits per heavy atom. The average molecular weight is 230 g/mol. The molecule has 0 aliphatic heterocycles. The summed E-state index contributed by atoms with van der Waals surface area (Å²) in [7, 11) is 0. The van der Waals surface area contributed by atoms with E-state index in [0.29, 0.717) is 11.5 Å². The topological polar surface area (TPSA) is 55.1 Å². The summed E-state index contributed by atoms with van der Waals surface area (Å²) < 4.78 is 4.86. The Hall–Kier alpha value is -2.10. The fourth-order valence-corrected chi connectivity index (χ4v) is 1.57. The number of nitrogens with zero attached hydrogens (tertiary/aromatic N) is 1. The number of rotatable bonds is 3. The minimum Gasteiger partial charge on any atom is -0.361 e. The van der Waals surface area contributed by atoms with Crippen molar-refractivity contribution in [3.05, 3.63) is 53.4 Å². The average Bonchev–Trinajstić information content (AvgIpc) is 2.77. The van der Waals surface area contributed by atoms with Crippen LogP contribution in [0.1, 0.15) is 34.8 Å². The number of aryl methyl sites for hydroxylation is 1. The molecule has 0 aliphatic rings. The molecule has 2 rings (SSSR count). The maximum absolute atomic E-state index is 11.8. The van der Waals surface area contributed by atoms with E-state index in [4.69, 9.17) is 4.52 Å². The zero-order valence-electron chi connectivity index (χ0n) is 9.81. The summed E-state index contributed by atoms with van der Waals surface area (Å²) in [4.78, 5) is 11.8. The van der Waals surface area contributed by atoms with Crippen molar-refractivity contribution in [2.75, 3.05) is 0 Å². The van der Waals surface area contributed by atoms with E-state index in [1.54, 1.807) is 13.0 Å². The van der Waals surface area contributed by atoms with Gasteiger partial charge in [0.15, 0.2) is 5.69 Å². The third-order valence-corrected chi connectivity index (χ3v) is 2.51. The van der Waals surface area contributed by atoms with Crippen LogP contribution in [0.4, 0.5) is 0 Å². The number of nitrogens with one attached hydrogen (secondary N) is 1. The monoisotopic (exact) mass is 230 g/mol. The predicted octanol–water partition coefficient (Wildman–Crippen LogP) is 2.47. The lowest BCUT2D eigenvalue weighted by molar-refractivity contribution is 0.0930. The lowest BCUT2D eigenvalue weighted by Gasteiger charge is -2.12. The molecule has 4 heteroatoms. The molecule has 4 nitrogen and oxygen atoms in total. The third kappa shape index (κ3) is 2.72. The summed E-state index contributed by atoms with van der Waals surface area (Å²) in [5.41, 5.74) is 1.37. The summed E-state index contributed by atoms with van der Waals surface area (Å²) in [5, 5.41) is 6.54. The van der Waals surface area contributed by atoms with Crippen molar-refractivity contribution in [2.45, 2.75) is 19.9 Å². The van der Waals surface area contributed by atoms with Gasteiger partial charge in [0.2, 0.25) is 0 Å². The SMILES string of the molecule is Cc1cc(C(=O)NC(C)c2ccccc2)no1. The van der Waals surface area contributed by atoms with Crippen LogP contribution in [0.3, 0.4) is 0 Å². The highest BCUT2D eigenvalue weighted by Crippen LogP contribution is 2.12. The molecule has 0 spiro atoms. The molecule has 0 saturated carbocycles. The first-order valence-electron chi connectivity index (χ1n) is 5.46.